The maximum atomic E-state index is 13.7. The van der Waals surface area contributed by atoms with Gasteiger partial charge in [0.1, 0.15) is 0 Å². The fourth-order valence-corrected chi connectivity index (χ4v) is 5.50. The van der Waals surface area contributed by atoms with Crippen LogP contribution < -0.4 is 0 Å². The lowest BCUT2D eigenvalue weighted by Gasteiger charge is -2.27. The summed E-state index contributed by atoms with van der Waals surface area (Å²) in [5.41, 5.74) is 3.57. The van der Waals surface area contributed by atoms with Crippen LogP contribution in [0, 0.1) is 19.3 Å². The van der Waals surface area contributed by atoms with Crippen LogP contribution in [0.15, 0.2) is 66.9 Å². The number of hydrogen-bond donors (Lipinski definition) is 0. The summed E-state index contributed by atoms with van der Waals surface area (Å²) in [4.78, 5) is 9.59. The van der Waals surface area contributed by atoms with Crippen LogP contribution in [0.25, 0.3) is 54.5 Å². The molecule has 0 aliphatic heterocycles. The number of fused-ring (bicyclic) bond motifs is 2. The van der Waals surface area contributed by atoms with E-state index in [0.717, 1.165) is 49.0 Å². The van der Waals surface area contributed by atoms with E-state index in [0.29, 0.717) is 11.2 Å². The lowest BCUT2D eigenvalue weighted by molar-refractivity contribution is -0.211. The Morgan fingerprint density at radius 3 is 2.06 bits per heavy atom. The molecule has 0 aliphatic carbocycles. The second-order valence-corrected chi connectivity index (χ2v) is 10.5. The third kappa shape index (κ3) is 3.41. The highest BCUT2D eigenvalue weighted by atomic mass is 19.4. The molecule has 0 N–H and O–H groups in total. The number of benzene rings is 4. The summed E-state index contributed by atoms with van der Waals surface area (Å²) >= 11 is 0. The molecule has 0 atom stereocenters. The summed E-state index contributed by atoms with van der Waals surface area (Å²) in [6.45, 7) is 6.62. The summed E-state index contributed by atoms with van der Waals surface area (Å²) in [7, 11) is 0. The van der Waals surface area contributed by atoms with Gasteiger partial charge in [-0.3, -0.25) is 9.97 Å². The van der Waals surface area contributed by atoms with E-state index >= 15 is 0 Å². The maximum absolute atomic E-state index is 13.7. The summed E-state index contributed by atoms with van der Waals surface area (Å²) in [5.74, 6) is 0. The molecule has 2 nitrogen and oxygen atoms in total. The Hall–Kier alpha value is -3.73. The highest BCUT2D eigenvalue weighted by Gasteiger charge is 2.47. The van der Waals surface area contributed by atoms with Crippen molar-refractivity contribution in [2.24, 2.45) is 5.41 Å². The van der Waals surface area contributed by atoms with E-state index in [1.165, 1.54) is 25.0 Å². The van der Waals surface area contributed by atoms with Crippen LogP contribution in [0.1, 0.15) is 30.7 Å². The first-order valence-electron chi connectivity index (χ1n) is 12.0. The Balaban J connectivity index is 1.70. The number of alkyl halides is 3. The molecular formula is C31H25F3N2. The fraction of sp³-hybridized carbons (Fsp3) is 0.226. The first-order valence-corrected chi connectivity index (χ1v) is 12.0. The molecule has 2 aromatic heterocycles. The van der Waals surface area contributed by atoms with Crippen molar-refractivity contribution in [2.75, 3.05) is 0 Å². The second kappa shape index (κ2) is 7.63. The van der Waals surface area contributed by atoms with Crippen molar-refractivity contribution in [2.45, 2.75) is 40.3 Å². The van der Waals surface area contributed by atoms with Crippen molar-refractivity contribution < 1.29 is 13.2 Å². The third-order valence-corrected chi connectivity index (χ3v) is 7.26. The van der Waals surface area contributed by atoms with Gasteiger partial charge in [-0.1, -0.05) is 61.4 Å². The monoisotopic (exact) mass is 482 g/mol. The van der Waals surface area contributed by atoms with Crippen molar-refractivity contribution >= 4 is 43.2 Å². The van der Waals surface area contributed by atoms with Crippen molar-refractivity contribution in [3.63, 3.8) is 0 Å². The minimum absolute atomic E-state index is 0.192. The summed E-state index contributed by atoms with van der Waals surface area (Å²) in [6.07, 6.45) is -2.64. The van der Waals surface area contributed by atoms with Crippen LogP contribution in [0.2, 0.25) is 0 Å². The van der Waals surface area contributed by atoms with Crippen LogP contribution >= 0.6 is 0 Å². The van der Waals surface area contributed by atoms with Gasteiger partial charge in [-0.2, -0.15) is 13.2 Å². The maximum Gasteiger partial charge on any atom is 0.394 e. The molecule has 0 saturated heterocycles. The number of aryl methyl sites for hydroxylation is 2. The van der Waals surface area contributed by atoms with Gasteiger partial charge in [-0.15, -0.1) is 0 Å². The molecule has 0 amide bonds. The molecule has 0 aliphatic rings. The second-order valence-electron chi connectivity index (χ2n) is 10.5. The van der Waals surface area contributed by atoms with E-state index in [-0.39, 0.29) is 6.42 Å². The molecule has 0 bridgehead atoms. The molecule has 0 unspecified atom stereocenters. The summed E-state index contributed by atoms with van der Waals surface area (Å²) in [6, 6.07) is 20.4. The Kier molecular flexibility index (Phi) is 4.82. The Labute approximate surface area is 207 Å². The van der Waals surface area contributed by atoms with E-state index in [1.54, 1.807) is 0 Å². The number of hydrogen-bond acceptors (Lipinski definition) is 2. The van der Waals surface area contributed by atoms with E-state index in [1.807, 2.05) is 30.5 Å². The minimum Gasteiger partial charge on any atom is -0.255 e. The zero-order valence-corrected chi connectivity index (χ0v) is 20.6. The Morgan fingerprint density at radius 2 is 1.36 bits per heavy atom. The predicted octanol–water partition coefficient (Wildman–Crippen LogP) is 8.94. The average molecular weight is 483 g/mol. The number of nitrogens with zero attached hydrogens (tertiary/aromatic N) is 2. The van der Waals surface area contributed by atoms with Crippen LogP contribution in [0.3, 0.4) is 0 Å². The molecule has 0 fully saturated rings. The molecule has 6 rings (SSSR count). The zero-order valence-electron chi connectivity index (χ0n) is 20.6. The Bertz CT molecular complexity index is 1780. The van der Waals surface area contributed by atoms with Gasteiger partial charge in [0.2, 0.25) is 0 Å². The van der Waals surface area contributed by atoms with Gasteiger partial charge < -0.3 is 0 Å². The molecule has 0 radical (unpaired) electrons. The van der Waals surface area contributed by atoms with E-state index in [4.69, 9.17) is 4.98 Å². The van der Waals surface area contributed by atoms with Gasteiger partial charge in [0.25, 0.3) is 0 Å². The molecule has 2 heterocycles. The molecule has 36 heavy (non-hydrogen) atoms. The van der Waals surface area contributed by atoms with Gasteiger partial charge in [-0.25, -0.2) is 0 Å². The number of halogens is 3. The molecule has 0 saturated carbocycles. The molecule has 180 valence electrons. The largest absolute Gasteiger partial charge is 0.394 e. The lowest BCUT2D eigenvalue weighted by atomic mass is 9.85. The lowest BCUT2D eigenvalue weighted by Crippen LogP contribution is -2.34. The number of pyridine rings is 2. The standard InChI is InChI=1S/C31H25F3N2/c1-17-11-18(2)13-19(12-17)29-23-9-5-7-21-22-8-6-10-26-28(22)24(25(16-35-29)27(21)23)14-20(36-26)15-30(3,4)31(32,33)34/h5-14,16H,15H2,1-4H3. The molecule has 6 aromatic rings. The van der Waals surface area contributed by atoms with Gasteiger partial charge in [0.05, 0.1) is 16.6 Å². The quantitative estimate of drug-likeness (QED) is 0.186. The van der Waals surface area contributed by atoms with Crippen molar-refractivity contribution in [1.82, 2.24) is 9.97 Å². The van der Waals surface area contributed by atoms with Gasteiger partial charge >= 0.3 is 6.18 Å². The van der Waals surface area contributed by atoms with Crippen molar-refractivity contribution in [3.05, 3.63) is 83.7 Å². The smallest absolute Gasteiger partial charge is 0.255 e. The average Bonchev–Trinajstić information content (AvgIpc) is 2.80. The summed E-state index contributed by atoms with van der Waals surface area (Å²) < 4.78 is 41.1. The molecular weight excluding hydrogens is 457 g/mol. The van der Waals surface area contributed by atoms with Crippen LogP contribution in [0.5, 0.6) is 0 Å². The zero-order chi connectivity index (χ0) is 25.4. The van der Waals surface area contributed by atoms with Crippen LogP contribution in [-0.2, 0) is 6.42 Å². The topological polar surface area (TPSA) is 25.8 Å². The van der Waals surface area contributed by atoms with Crippen LogP contribution in [-0.4, -0.2) is 16.1 Å². The third-order valence-electron chi connectivity index (χ3n) is 7.26. The normalized spacial score (nSPS) is 13.0. The Morgan fingerprint density at radius 1 is 0.722 bits per heavy atom. The summed E-state index contributed by atoms with van der Waals surface area (Å²) in [5, 5.41) is 7.05. The molecule has 5 heteroatoms. The van der Waals surface area contributed by atoms with E-state index < -0.39 is 11.6 Å². The minimum atomic E-state index is -4.32. The molecule has 0 spiro atoms. The van der Waals surface area contributed by atoms with Crippen LogP contribution in [0.4, 0.5) is 13.2 Å². The van der Waals surface area contributed by atoms with E-state index in [2.05, 4.69) is 55.2 Å². The number of rotatable bonds is 3. The molecule has 4 aromatic carbocycles. The highest BCUT2D eigenvalue weighted by molar-refractivity contribution is 6.33. The van der Waals surface area contributed by atoms with Gasteiger partial charge in [-0.05, 0) is 54.3 Å². The first kappa shape index (κ1) is 22.7. The first-order chi connectivity index (χ1) is 17.0. The van der Waals surface area contributed by atoms with E-state index in [9.17, 15) is 13.2 Å². The van der Waals surface area contributed by atoms with Gasteiger partial charge in [0.15, 0.2) is 0 Å². The van der Waals surface area contributed by atoms with Crippen molar-refractivity contribution in [1.29, 1.82) is 0 Å². The SMILES string of the molecule is Cc1cc(C)cc(-c2ncc3c4cc(CC(C)(C)C(F)(F)F)nc5cccc(c6cccc2c63)c54)c1. The number of aromatic nitrogens is 2. The fourth-order valence-electron chi connectivity index (χ4n) is 5.50. The van der Waals surface area contributed by atoms with Gasteiger partial charge in [0, 0.05) is 45.4 Å². The predicted molar refractivity (Wildman–Crippen MR) is 142 cm³/mol. The van der Waals surface area contributed by atoms with Crippen molar-refractivity contribution in [3.8, 4) is 11.3 Å². The highest BCUT2D eigenvalue weighted by Crippen LogP contribution is 2.44.